The summed E-state index contributed by atoms with van der Waals surface area (Å²) in [6, 6.07) is 0. The predicted molar refractivity (Wildman–Crippen MR) is 71.4 cm³/mol. The predicted octanol–water partition coefficient (Wildman–Crippen LogP) is 2.61. The largest absolute Gasteiger partial charge is 0.381 e. The molecule has 1 heterocycles. The number of aryl methyl sites for hydroxylation is 1. The van der Waals surface area contributed by atoms with E-state index in [1.54, 1.807) is 11.3 Å². The zero-order valence-electron chi connectivity index (χ0n) is 10.6. The maximum atomic E-state index is 5.58. The van der Waals surface area contributed by atoms with Gasteiger partial charge in [-0.05, 0) is 38.1 Å². The monoisotopic (exact) mass is 254 g/mol. The number of nitrogens with zero attached hydrogens (tertiary/aromatic N) is 1. The summed E-state index contributed by atoms with van der Waals surface area (Å²) in [5.74, 6) is 0.880. The highest BCUT2D eigenvalue weighted by molar-refractivity contribution is 7.09. The SMILES string of the molecule is CCc1nc(CNCCCOCC2CC2)cs1. The summed E-state index contributed by atoms with van der Waals surface area (Å²) < 4.78 is 5.58. The molecule has 0 aliphatic heterocycles. The van der Waals surface area contributed by atoms with Gasteiger partial charge in [-0.25, -0.2) is 4.98 Å². The Labute approximate surface area is 108 Å². The highest BCUT2D eigenvalue weighted by atomic mass is 32.1. The average molecular weight is 254 g/mol. The van der Waals surface area contributed by atoms with Gasteiger partial charge in [0.2, 0.25) is 0 Å². The zero-order chi connectivity index (χ0) is 11.9. The number of hydrogen-bond acceptors (Lipinski definition) is 4. The van der Waals surface area contributed by atoms with E-state index in [1.165, 1.54) is 23.5 Å². The average Bonchev–Trinajstić information content (AvgIpc) is 3.05. The van der Waals surface area contributed by atoms with Crippen LogP contribution < -0.4 is 5.32 Å². The van der Waals surface area contributed by atoms with E-state index >= 15 is 0 Å². The Hall–Kier alpha value is -0.450. The molecule has 3 nitrogen and oxygen atoms in total. The molecule has 0 saturated heterocycles. The van der Waals surface area contributed by atoms with Gasteiger partial charge in [0.1, 0.15) is 0 Å². The quantitative estimate of drug-likeness (QED) is 0.688. The normalized spacial score (nSPS) is 15.4. The fourth-order valence-electron chi connectivity index (χ4n) is 1.64. The molecule has 1 aliphatic rings. The Kier molecular flexibility index (Phi) is 5.42. The van der Waals surface area contributed by atoms with Crippen LogP contribution in [0.1, 0.15) is 36.9 Å². The molecule has 0 amide bonds. The van der Waals surface area contributed by atoms with Gasteiger partial charge in [0.05, 0.1) is 10.7 Å². The molecule has 4 heteroatoms. The number of nitrogens with one attached hydrogen (secondary N) is 1. The second-order valence-corrected chi connectivity index (χ2v) is 5.58. The van der Waals surface area contributed by atoms with Gasteiger partial charge in [-0.1, -0.05) is 6.92 Å². The third-order valence-corrected chi connectivity index (χ3v) is 3.94. The molecule has 0 bridgehead atoms. The van der Waals surface area contributed by atoms with E-state index in [0.29, 0.717) is 0 Å². The van der Waals surface area contributed by atoms with Crippen LogP contribution >= 0.6 is 11.3 Å². The van der Waals surface area contributed by atoms with Gasteiger partial charge in [-0.15, -0.1) is 11.3 Å². The van der Waals surface area contributed by atoms with E-state index in [4.69, 9.17) is 4.74 Å². The second-order valence-electron chi connectivity index (χ2n) is 4.63. The van der Waals surface area contributed by atoms with Crippen LogP contribution in [0.5, 0.6) is 0 Å². The third-order valence-electron chi connectivity index (χ3n) is 2.90. The molecule has 1 fully saturated rings. The van der Waals surface area contributed by atoms with Crippen LogP contribution in [-0.2, 0) is 17.7 Å². The summed E-state index contributed by atoms with van der Waals surface area (Å²) in [5, 5.41) is 6.79. The van der Waals surface area contributed by atoms with Crippen molar-refractivity contribution in [2.75, 3.05) is 19.8 Å². The topological polar surface area (TPSA) is 34.2 Å². The van der Waals surface area contributed by atoms with Gasteiger partial charge in [0.15, 0.2) is 0 Å². The molecule has 0 spiro atoms. The van der Waals surface area contributed by atoms with Crippen LogP contribution in [0.2, 0.25) is 0 Å². The van der Waals surface area contributed by atoms with Crippen LogP contribution in [0.3, 0.4) is 0 Å². The fraction of sp³-hybridized carbons (Fsp3) is 0.769. The van der Waals surface area contributed by atoms with Crippen molar-refractivity contribution in [3.63, 3.8) is 0 Å². The first-order valence-electron chi connectivity index (χ1n) is 6.60. The van der Waals surface area contributed by atoms with Gasteiger partial charge < -0.3 is 10.1 Å². The van der Waals surface area contributed by atoms with Crippen LogP contribution in [0.15, 0.2) is 5.38 Å². The van der Waals surface area contributed by atoms with Gasteiger partial charge >= 0.3 is 0 Å². The lowest BCUT2D eigenvalue weighted by molar-refractivity contribution is 0.122. The molecule has 1 aromatic rings. The number of rotatable bonds is 9. The summed E-state index contributed by atoms with van der Waals surface area (Å²) in [6.07, 6.45) is 4.89. The Morgan fingerprint density at radius 3 is 3.12 bits per heavy atom. The van der Waals surface area contributed by atoms with E-state index in [-0.39, 0.29) is 0 Å². The van der Waals surface area contributed by atoms with Crippen LogP contribution in [0.4, 0.5) is 0 Å². The molecule has 2 rings (SSSR count). The number of thiazole rings is 1. The minimum Gasteiger partial charge on any atom is -0.381 e. The molecule has 1 saturated carbocycles. The van der Waals surface area contributed by atoms with Crippen LogP contribution in [-0.4, -0.2) is 24.7 Å². The van der Waals surface area contributed by atoms with E-state index in [2.05, 4.69) is 22.6 Å². The van der Waals surface area contributed by atoms with Crippen molar-refractivity contribution in [3.8, 4) is 0 Å². The number of ether oxygens (including phenoxy) is 1. The summed E-state index contributed by atoms with van der Waals surface area (Å²) in [5.41, 5.74) is 1.17. The van der Waals surface area contributed by atoms with Crippen molar-refractivity contribution in [1.29, 1.82) is 0 Å². The minimum absolute atomic E-state index is 0.880. The smallest absolute Gasteiger partial charge is 0.0926 e. The summed E-state index contributed by atoms with van der Waals surface area (Å²) in [6.45, 7) is 5.92. The highest BCUT2D eigenvalue weighted by Gasteiger charge is 2.20. The van der Waals surface area contributed by atoms with E-state index in [1.807, 2.05) is 0 Å². The van der Waals surface area contributed by atoms with Gasteiger partial charge in [-0.2, -0.15) is 0 Å². The van der Waals surface area contributed by atoms with Crippen molar-refractivity contribution in [2.45, 2.75) is 39.2 Å². The van der Waals surface area contributed by atoms with Crippen LogP contribution in [0.25, 0.3) is 0 Å². The maximum Gasteiger partial charge on any atom is 0.0926 e. The van der Waals surface area contributed by atoms with Gasteiger partial charge in [-0.3, -0.25) is 0 Å². The lowest BCUT2D eigenvalue weighted by atomic mass is 10.4. The van der Waals surface area contributed by atoms with Gasteiger partial charge in [0.25, 0.3) is 0 Å². The molecule has 0 atom stereocenters. The Morgan fingerprint density at radius 1 is 1.53 bits per heavy atom. The first kappa shape index (κ1) is 13.0. The molecular weight excluding hydrogens is 232 g/mol. The third kappa shape index (κ3) is 5.15. The van der Waals surface area contributed by atoms with Crippen LogP contribution in [0, 0.1) is 5.92 Å². The fourth-order valence-corrected chi connectivity index (χ4v) is 2.39. The molecule has 0 aromatic carbocycles. The zero-order valence-corrected chi connectivity index (χ0v) is 11.4. The van der Waals surface area contributed by atoms with Crippen molar-refractivity contribution < 1.29 is 4.74 Å². The molecule has 0 radical (unpaired) electrons. The standard InChI is InChI=1S/C13H22N2OS/c1-2-13-15-12(10-17-13)8-14-6-3-7-16-9-11-4-5-11/h10-11,14H,2-9H2,1H3. The Morgan fingerprint density at radius 2 is 2.41 bits per heavy atom. The Bertz CT molecular complexity index is 323. The van der Waals surface area contributed by atoms with Crippen molar-refractivity contribution >= 4 is 11.3 Å². The molecule has 96 valence electrons. The molecule has 1 aliphatic carbocycles. The molecule has 17 heavy (non-hydrogen) atoms. The molecule has 0 unspecified atom stereocenters. The summed E-state index contributed by atoms with van der Waals surface area (Å²) in [4.78, 5) is 4.52. The maximum absolute atomic E-state index is 5.58. The number of aromatic nitrogens is 1. The summed E-state index contributed by atoms with van der Waals surface area (Å²) >= 11 is 1.76. The van der Waals surface area contributed by atoms with Crippen molar-refractivity contribution in [2.24, 2.45) is 5.92 Å². The lowest BCUT2D eigenvalue weighted by Gasteiger charge is -2.04. The van der Waals surface area contributed by atoms with Crippen molar-refractivity contribution in [3.05, 3.63) is 16.1 Å². The van der Waals surface area contributed by atoms with E-state index < -0.39 is 0 Å². The molecule has 1 N–H and O–H groups in total. The first-order valence-corrected chi connectivity index (χ1v) is 7.48. The lowest BCUT2D eigenvalue weighted by Crippen LogP contribution is -2.16. The minimum atomic E-state index is 0.880. The first-order chi connectivity index (χ1) is 8.38. The van der Waals surface area contributed by atoms with Gasteiger partial charge in [0, 0.05) is 25.1 Å². The van der Waals surface area contributed by atoms with E-state index in [9.17, 15) is 0 Å². The van der Waals surface area contributed by atoms with Crippen molar-refractivity contribution in [1.82, 2.24) is 10.3 Å². The molecular formula is C13H22N2OS. The molecule has 1 aromatic heterocycles. The van der Waals surface area contributed by atoms with E-state index in [0.717, 1.165) is 45.1 Å². The second kappa shape index (κ2) is 7.09. The Balaban J connectivity index is 1.44. The summed E-state index contributed by atoms with van der Waals surface area (Å²) in [7, 11) is 0. The highest BCUT2D eigenvalue weighted by Crippen LogP contribution is 2.28. The number of hydrogen-bond donors (Lipinski definition) is 1.